The van der Waals surface area contributed by atoms with Crippen LogP contribution in [0.3, 0.4) is 0 Å². The van der Waals surface area contributed by atoms with E-state index < -0.39 is 0 Å². The molecule has 0 saturated heterocycles. The van der Waals surface area contributed by atoms with Gasteiger partial charge in [0, 0.05) is 49.9 Å². The molecular formula is C50H32N4O2. The number of benzene rings is 4. The summed E-state index contributed by atoms with van der Waals surface area (Å²) in [6.07, 6.45) is 12.4. The molecule has 1 aliphatic carbocycles. The minimum absolute atomic E-state index is 0.190. The highest BCUT2D eigenvalue weighted by atomic mass is 16.1. The normalized spacial score (nSPS) is 13.3. The molecule has 6 heteroatoms. The Morgan fingerprint density at radius 2 is 0.679 bits per heavy atom. The number of rotatable bonds is 5. The molecule has 56 heavy (non-hydrogen) atoms. The molecule has 0 saturated carbocycles. The van der Waals surface area contributed by atoms with E-state index in [1.54, 1.807) is 0 Å². The van der Waals surface area contributed by atoms with E-state index in [0.29, 0.717) is 11.1 Å². The van der Waals surface area contributed by atoms with E-state index in [1.165, 1.54) is 18.2 Å². The van der Waals surface area contributed by atoms with Gasteiger partial charge in [-0.1, -0.05) is 115 Å². The van der Waals surface area contributed by atoms with Crippen LogP contribution >= 0.6 is 0 Å². The van der Waals surface area contributed by atoms with Gasteiger partial charge >= 0.3 is 0 Å². The van der Waals surface area contributed by atoms with E-state index in [9.17, 15) is 9.59 Å². The second-order valence-corrected chi connectivity index (χ2v) is 13.8. The van der Waals surface area contributed by atoms with E-state index >= 15 is 0 Å². The van der Waals surface area contributed by atoms with Crippen molar-refractivity contribution in [3.63, 3.8) is 0 Å². The van der Waals surface area contributed by atoms with E-state index in [0.717, 1.165) is 89.4 Å². The predicted octanol–water partition coefficient (Wildman–Crippen LogP) is 11.4. The third-order valence-electron chi connectivity index (χ3n) is 10.4. The first kappa shape index (κ1) is 32.9. The number of nitrogens with zero attached hydrogens (tertiary/aromatic N) is 2. The van der Waals surface area contributed by atoms with Gasteiger partial charge in [-0.15, -0.1) is 0 Å². The average molecular weight is 721 g/mol. The van der Waals surface area contributed by atoms with Crippen LogP contribution in [-0.4, -0.2) is 31.5 Å². The lowest BCUT2D eigenvalue weighted by Gasteiger charge is -2.09. The summed E-state index contributed by atoms with van der Waals surface area (Å²) < 4.78 is 0. The smallest absolute Gasteiger partial charge is 0.186 e. The molecule has 5 heterocycles. The van der Waals surface area contributed by atoms with Gasteiger partial charge in [0.25, 0.3) is 0 Å². The van der Waals surface area contributed by atoms with Crippen LogP contribution in [0.5, 0.6) is 0 Å². The summed E-state index contributed by atoms with van der Waals surface area (Å²) in [5.74, 6) is -0.391. The van der Waals surface area contributed by atoms with Gasteiger partial charge < -0.3 is 9.97 Å². The number of hydrogen-bond acceptors (Lipinski definition) is 4. The fourth-order valence-electron chi connectivity index (χ4n) is 7.79. The third-order valence-corrected chi connectivity index (χ3v) is 10.4. The van der Waals surface area contributed by atoms with Gasteiger partial charge in [0.2, 0.25) is 0 Å². The van der Waals surface area contributed by atoms with Crippen LogP contribution in [0.1, 0.15) is 28.3 Å². The Labute approximate surface area is 322 Å². The summed E-state index contributed by atoms with van der Waals surface area (Å²) in [6.45, 7) is 0. The van der Waals surface area contributed by atoms with Crippen LogP contribution in [0.2, 0.25) is 0 Å². The molecule has 4 aromatic carbocycles. The third kappa shape index (κ3) is 5.86. The fraction of sp³-hybridized carbons (Fsp3) is 0. The van der Waals surface area contributed by atoms with Crippen molar-refractivity contribution < 1.29 is 9.59 Å². The molecule has 0 fully saturated rings. The zero-order valence-corrected chi connectivity index (χ0v) is 30.0. The number of nitrogens with one attached hydrogen (secondary N) is 2. The zero-order valence-electron chi connectivity index (χ0n) is 30.0. The maximum Gasteiger partial charge on any atom is 0.186 e. The van der Waals surface area contributed by atoms with Gasteiger partial charge in [0.15, 0.2) is 11.6 Å². The summed E-state index contributed by atoms with van der Waals surface area (Å²) in [7, 11) is 0. The maximum atomic E-state index is 12.7. The van der Waals surface area contributed by atoms with Crippen molar-refractivity contribution in [3.8, 4) is 44.5 Å². The lowest BCUT2D eigenvalue weighted by atomic mass is 9.94. The molecule has 264 valence electrons. The molecular weight excluding hydrogens is 689 g/mol. The molecule has 10 rings (SSSR count). The van der Waals surface area contributed by atoms with E-state index in [1.807, 2.05) is 66.7 Å². The molecule has 7 aromatic rings. The van der Waals surface area contributed by atoms with Crippen LogP contribution in [0.15, 0.2) is 158 Å². The summed E-state index contributed by atoms with van der Waals surface area (Å²) in [5.41, 5.74) is 15.9. The predicted molar refractivity (Wildman–Crippen MR) is 228 cm³/mol. The van der Waals surface area contributed by atoms with Crippen molar-refractivity contribution in [3.05, 3.63) is 186 Å². The Morgan fingerprint density at radius 3 is 1.05 bits per heavy atom. The number of carbonyl (C=O) groups is 2. The van der Waals surface area contributed by atoms with Crippen LogP contribution in [0, 0.1) is 0 Å². The number of carbonyl (C=O) groups excluding carboxylic acids is 2. The Balaban J connectivity index is 1.32. The molecule has 0 unspecified atom stereocenters. The van der Waals surface area contributed by atoms with Gasteiger partial charge in [0.05, 0.1) is 22.8 Å². The van der Waals surface area contributed by atoms with Crippen LogP contribution in [0.4, 0.5) is 0 Å². The Hall–Kier alpha value is -7.70. The number of H-pyrrole nitrogens is 2. The quantitative estimate of drug-likeness (QED) is 0.173. The summed E-state index contributed by atoms with van der Waals surface area (Å²) in [5, 5.41) is 0. The Morgan fingerprint density at radius 1 is 0.339 bits per heavy atom. The molecule has 8 bridgehead atoms. The van der Waals surface area contributed by atoms with Crippen LogP contribution < -0.4 is 0 Å². The molecule has 2 aliphatic heterocycles. The largest absolute Gasteiger partial charge is 0.354 e. The first-order chi connectivity index (χ1) is 27.6. The van der Waals surface area contributed by atoms with Crippen molar-refractivity contribution in [2.45, 2.75) is 0 Å². The second-order valence-electron chi connectivity index (χ2n) is 13.8. The summed E-state index contributed by atoms with van der Waals surface area (Å²) >= 11 is 0. The second kappa shape index (κ2) is 13.6. The van der Waals surface area contributed by atoms with E-state index in [-0.39, 0.29) is 11.6 Å². The van der Waals surface area contributed by atoms with Crippen molar-refractivity contribution in [2.24, 2.45) is 0 Å². The lowest BCUT2D eigenvalue weighted by Crippen LogP contribution is -2.06. The summed E-state index contributed by atoms with van der Waals surface area (Å²) in [4.78, 5) is 43.2. The Bertz CT molecular complexity index is 2980. The fourth-order valence-corrected chi connectivity index (χ4v) is 7.79. The number of ketones is 2. The van der Waals surface area contributed by atoms with E-state index in [4.69, 9.17) is 9.97 Å². The minimum Gasteiger partial charge on any atom is -0.354 e. The molecule has 3 aromatic heterocycles. The number of fused-ring (bicyclic) bond motifs is 8. The molecule has 0 spiro atoms. The number of hydrogen-bond donors (Lipinski definition) is 2. The first-order valence-electron chi connectivity index (χ1n) is 18.5. The first-order valence-corrected chi connectivity index (χ1v) is 18.5. The Kier molecular flexibility index (Phi) is 8.00. The van der Waals surface area contributed by atoms with Gasteiger partial charge in [-0.25, -0.2) is 9.97 Å². The highest BCUT2D eigenvalue weighted by Gasteiger charge is 2.20. The van der Waals surface area contributed by atoms with Gasteiger partial charge in [0.1, 0.15) is 0 Å². The number of allylic oxidation sites excluding steroid dienone is 4. The zero-order chi connectivity index (χ0) is 37.6. The highest BCUT2D eigenvalue weighted by Crippen LogP contribution is 2.38. The minimum atomic E-state index is -0.200. The van der Waals surface area contributed by atoms with Crippen molar-refractivity contribution in [1.82, 2.24) is 19.9 Å². The molecule has 3 aliphatic rings. The topological polar surface area (TPSA) is 91.5 Å². The van der Waals surface area contributed by atoms with Crippen LogP contribution in [0.25, 0.3) is 96.5 Å². The number of aromatic nitrogens is 4. The number of aromatic amines is 2. The van der Waals surface area contributed by atoms with Gasteiger partial charge in [-0.05, 0) is 94.6 Å². The van der Waals surface area contributed by atoms with E-state index in [2.05, 4.69) is 107 Å². The maximum absolute atomic E-state index is 12.7. The van der Waals surface area contributed by atoms with Crippen molar-refractivity contribution in [1.29, 1.82) is 0 Å². The SMILES string of the molecule is O=C1C=CC(=O)C(c2ccc(-c3c4nc(c(-c5ccccc5)c5ccc([nH]5)c(-c5ccccc5)c5nc(c(-c6ccccc6)c6ccc3[nH]6)C=C5)C=C4)cc2)=C1. The molecule has 0 amide bonds. The monoisotopic (exact) mass is 720 g/mol. The molecule has 0 radical (unpaired) electrons. The lowest BCUT2D eigenvalue weighted by molar-refractivity contribution is -0.113. The molecule has 2 N–H and O–H groups in total. The molecule has 0 atom stereocenters. The van der Waals surface area contributed by atoms with Crippen molar-refractivity contribution >= 4 is 63.5 Å². The molecule has 6 nitrogen and oxygen atoms in total. The summed E-state index contributed by atoms with van der Waals surface area (Å²) in [6, 6.07) is 47.3. The highest BCUT2D eigenvalue weighted by molar-refractivity contribution is 6.34. The van der Waals surface area contributed by atoms with Gasteiger partial charge in [-0.3, -0.25) is 9.59 Å². The van der Waals surface area contributed by atoms with Crippen molar-refractivity contribution in [2.75, 3.05) is 0 Å². The average Bonchev–Trinajstić information content (AvgIpc) is 4.09. The van der Waals surface area contributed by atoms with Crippen LogP contribution in [-0.2, 0) is 9.59 Å². The van der Waals surface area contributed by atoms with Gasteiger partial charge in [-0.2, -0.15) is 0 Å². The standard InChI is InChI=1S/C50H32N4O2/c55-36-20-29-46(56)37(30-36)31-16-18-35(19-17-31)50-44-27-25-42(53-44)48(33-12-6-2-7-13-33)40-23-21-38(51-40)47(32-10-4-1-5-11-32)39-22-24-41(52-39)49(34-14-8-3-9-15-34)43-26-28-45(50)54-43/h1-30,51,54H.